The number of benzene rings is 1. The molecule has 7 nitrogen and oxygen atoms in total. The lowest BCUT2D eigenvalue weighted by molar-refractivity contribution is -0.160. The number of carbonyl (C=O) groups excluding carboxylic acids is 3. The first-order valence-electron chi connectivity index (χ1n) is 8.27. The highest BCUT2D eigenvalue weighted by molar-refractivity contribution is 5.94. The highest BCUT2D eigenvalue weighted by Crippen LogP contribution is 2.09. The third-order valence-electron chi connectivity index (χ3n) is 3.43. The van der Waals surface area contributed by atoms with Crippen LogP contribution in [-0.4, -0.2) is 38.3 Å². The van der Waals surface area contributed by atoms with Crippen LogP contribution in [0.1, 0.15) is 31.7 Å². The smallest absolute Gasteiger partial charge is 0.407 e. The lowest BCUT2D eigenvalue weighted by Gasteiger charge is -2.14. The summed E-state index contributed by atoms with van der Waals surface area (Å²) in [4.78, 5) is 35.3. The van der Waals surface area contributed by atoms with Crippen LogP contribution in [0.3, 0.4) is 0 Å². The lowest BCUT2D eigenvalue weighted by Crippen LogP contribution is -2.33. The summed E-state index contributed by atoms with van der Waals surface area (Å²) < 4.78 is 14.7. The Labute approximate surface area is 147 Å². The van der Waals surface area contributed by atoms with Crippen molar-refractivity contribution in [1.82, 2.24) is 5.32 Å². The first kappa shape index (κ1) is 20.5. The zero-order chi connectivity index (χ0) is 18.5. The number of amides is 1. The van der Waals surface area contributed by atoms with Crippen molar-refractivity contribution in [3.05, 3.63) is 35.9 Å². The number of ether oxygens (including phenoxy) is 3. The minimum Gasteiger partial charge on any atom is -0.468 e. The van der Waals surface area contributed by atoms with Gasteiger partial charge in [0.25, 0.3) is 0 Å². The van der Waals surface area contributed by atoms with E-state index in [-0.39, 0.29) is 26.2 Å². The number of unbranched alkanes of at least 4 members (excludes halogenated alkanes) is 1. The molecule has 0 radical (unpaired) electrons. The predicted octanol–water partition coefficient (Wildman–Crippen LogP) is 2.44. The average Bonchev–Trinajstić information content (AvgIpc) is 2.64. The van der Waals surface area contributed by atoms with Gasteiger partial charge >= 0.3 is 18.0 Å². The van der Waals surface area contributed by atoms with Gasteiger partial charge in [0.2, 0.25) is 0 Å². The van der Waals surface area contributed by atoms with Gasteiger partial charge in [-0.1, -0.05) is 43.7 Å². The number of rotatable bonds is 10. The van der Waals surface area contributed by atoms with Crippen LogP contribution in [0.2, 0.25) is 0 Å². The summed E-state index contributed by atoms with van der Waals surface area (Å²) >= 11 is 0. The number of alkyl carbamates (subject to hydrolysis) is 1. The maximum atomic E-state index is 11.9. The molecule has 0 heterocycles. The minimum absolute atomic E-state index is 0.0814. The summed E-state index contributed by atoms with van der Waals surface area (Å²) in [5.41, 5.74) is 0.865. The predicted molar refractivity (Wildman–Crippen MR) is 90.6 cm³/mol. The summed E-state index contributed by atoms with van der Waals surface area (Å²) in [5.74, 6) is -2.38. The Morgan fingerprint density at radius 2 is 1.80 bits per heavy atom. The molecule has 1 aromatic carbocycles. The molecular weight excluding hydrogens is 326 g/mol. The van der Waals surface area contributed by atoms with Crippen LogP contribution in [0.4, 0.5) is 4.79 Å². The third-order valence-corrected chi connectivity index (χ3v) is 3.43. The summed E-state index contributed by atoms with van der Waals surface area (Å²) in [5, 5.41) is 2.51. The van der Waals surface area contributed by atoms with Gasteiger partial charge in [-0.05, 0) is 18.4 Å². The van der Waals surface area contributed by atoms with E-state index in [1.165, 1.54) is 7.11 Å². The zero-order valence-corrected chi connectivity index (χ0v) is 14.7. The van der Waals surface area contributed by atoms with Crippen LogP contribution < -0.4 is 5.32 Å². The second kappa shape index (κ2) is 11.9. The number of carbonyl (C=O) groups is 3. The van der Waals surface area contributed by atoms with Crippen LogP contribution in [0.25, 0.3) is 0 Å². The molecule has 7 heteroatoms. The van der Waals surface area contributed by atoms with Gasteiger partial charge in [0.05, 0.1) is 13.7 Å². The lowest BCUT2D eigenvalue weighted by atomic mass is 10.1. The molecule has 1 atom stereocenters. The fraction of sp³-hybridized carbons (Fsp3) is 0.500. The maximum absolute atomic E-state index is 11.9. The quantitative estimate of drug-likeness (QED) is 0.301. The number of methoxy groups -OCH3 is 1. The van der Waals surface area contributed by atoms with E-state index in [2.05, 4.69) is 10.1 Å². The summed E-state index contributed by atoms with van der Waals surface area (Å²) in [6.07, 6.45) is 1.07. The van der Waals surface area contributed by atoms with E-state index in [0.717, 1.165) is 18.4 Å². The van der Waals surface area contributed by atoms with Crippen molar-refractivity contribution in [2.45, 2.75) is 32.8 Å². The Morgan fingerprint density at radius 3 is 2.44 bits per heavy atom. The molecule has 1 N–H and O–H groups in total. The van der Waals surface area contributed by atoms with Gasteiger partial charge in [0.15, 0.2) is 5.92 Å². The molecule has 1 amide bonds. The van der Waals surface area contributed by atoms with E-state index in [1.54, 1.807) is 0 Å². The molecule has 0 bridgehead atoms. The highest BCUT2D eigenvalue weighted by atomic mass is 16.6. The number of hydrogen-bond acceptors (Lipinski definition) is 6. The van der Waals surface area contributed by atoms with E-state index in [9.17, 15) is 14.4 Å². The first-order chi connectivity index (χ1) is 12.1. The van der Waals surface area contributed by atoms with E-state index in [1.807, 2.05) is 37.3 Å². The van der Waals surface area contributed by atoms with E-state index in [4.69, 9.17) is 9.47 Å². The van der Waals surface area contributed by atoms with Gasteiger partial charge in [-0.25, -0.2) is 4.79 Å². The van der Waals surface area contributed by atoms with Gasteiger partial charge < -0.3 is 19.5 Å². The zero-order valence-electron chi connectivity index (χ0n) is 14.7. The van der Waals surface area contributed by atoms with Crippen molar-refractivity contribution >= 4 is 18.0 Å². The summed E-state index contributed by atoms with van der Waals surface area (Å²) in [7, 11) is 1.20. The second-order valence-corrected chi connectivity index (χ2v) is 5.37. The molecule has 1 rings (SSSR count). The Kier molecular flexibility index (Phi) is 9.74. The molecule has 1 aromatic rings. The molecule has 0 fully saturated rings. The normalized spacial score (nSPS) is 11.3. The van der Waals surface area contributed by atoms with E-state index >= 15 is 0 Å². The van der Waals surface area contributed by atoms with Gasteiger partial charge in [0.1, 0.15) is 6.61 Å². The molecule has 138 valence electrons. The number of esters is 2. The van der Waals surface area contributed by atoms with Crippen molar-refractivity contribution in [2.75, 3.05) is 20.3 Å². The van der Waals surface area contributed by atoms with Crippen LogP contribution in [0.15, 0.2) is 30.3 Å². The maximum Gasteiger partial charge on any atom is 0.407 e. The van der Waals surface area contributed by atoms with Crippen LogP contribution in [0, 0.1) is 5.92 Å². The largest absolute Gasteiger partial charge is 0.468 e. The van der Waals surface area contributed by atoms with Gasteiger partial charge in [-0.15, -0.1) is 0 Å². The van der Waals surface area contributed by atoms with Crippen molar-refractivity contribution in [3.8, 4) is 0 Å². The Balaban J connectivity index is 2.36. The molecule has 0 aliphatic rings. The molecule has 0 aliphatic heterocycles. The number of hydrogen-bond donors (Lipinski definition) is 1. The van der Waals surface area contributed by atoms with Crippen molar-refractivity contribution in [1.29, 1.82) is 0 Å². The fourth-order valence-corrected chi connectivity index (χ4v) is 1.98. The van der Waals surface area contributed by atoms with Crippen LogP contribution in [0.5, 0.6) is 0 Å². The first-order valence-corrected chi connectivity index (χ1v) is 8.27. The molecular formula is C18H25NO6. The highest BCUT2D eigenvalue weighted by Gasteiger charge is 2.28. The average molecular weight is 351 g/mol. The molecule has 25 heavy (non-hydrogen) atoms. The molecule has 0 aromatic heterocycles. The van der Waals surface area contributed by atoms with E-state index in [0.29, 0.717) is 0 Å². The van der Waals surface area contributed by atoms with Crippen LogP contribution in [-0.2, 0) is 30.4 Å². The summed E-state index contributed by atoms with van der Waals surface area (Å²) in [6, 6.07) is 9.25. The monoisotopic (exact) mass is 351 g/mol. The standard InChI is InChI=1S/C18H25NO6/c1-3-4-12-24-17(21)15(16(20)23-2)10-11-19-18(22)25-13-14-8-6-5-7-9-14/h5-9,15H,3-4,10-13H2,1-2H3,(H,19,22). The molecule has 0 spiro atoms. The van der Waals surface area contributed by atoms with Crippen molar-refractivity contribution in [3.63, 3.8) is 0 Å². The second-order valence-electron chi connectivity index (χ2n) is 5.37. The Morgan fingerprint density at radius 1 is 1.08 bits per heavy atom. The number of nitrogens with one attached hydrogen (secondary N) is 1. The van der Waals surface area contributed by atoms with Crippen molar-refractivity contribution in [2.24, 2.45) is 5.92 Å². The van der Waals surface area contributed by atoms with Crippen LogP contribution >= 0.6 is 0 Å². The fourth-order valence-electron chi connectivity index (χ4n) is 1.98. The van der Waals surface area contributed by atoms with E-state index < -0.39 is 23.9 Å². The molecule has 0 saturated carbocycles. The van der Waals surface area contributed by atoms with Gasteiger partial charge in [-0.2, -0.15) is 0 Å². The Bertz CT molecular complexity index is 546. The minimum atomic E-state index is -1.06. The van der Waals surface area contributed by atoms with Crippen molar-refractivity contribution < 1.29 is 28.6 Å². The molecule has 1 unspecified atom stereocenters. The topological polar surface area (TPSA) is 90.9 Å². The molecule has 0 saturated heterocycles. The molecule has 0 aliphatic carbocycles. The Hall–Kier alpha value is -2.57. The summed E-state index contributed by atoms with van der Waals surface area (Å²) in [6.45, 7) is 2.47. The van der Waals surface area contributed by atoms with Gasteiger partial charge in [0, 0.05) is 6.54 Å². The SMILES string of the molecule is CCCCOC(=O)C(CCNC(=O)OCc1ccccc1)C(=O)OC. The third kappa shape index (κ3) is 8.19. The van der Waals surface area contributed by atoms with Gasteiger partial charge in [-0.3, -0.25) is 9.59 Å².